The van der Waals surface area contributed by atoms with Gasteiger partial charge < -0.3 is 14.5 Å². The van der Waals surface area contributed by atoms with Gasteiger partial charge in [-0.05, 0) is 63.2 Å². The molecule has 2 aromatic rings. The number of hydrogen-bond donors (Lipinski definition) is 1. The Morgan fingerprint density at radius 2 is 1.71 bits per heavy atom. The van der Waals surface area contributed by atoms with Gasteiger partial charge in [0.1, 0.15) is 5.75 Å². The lowest BCUT2D eigenvalue weighted by Gasteiger charge is -2.36. The van der Waals surface area contributed by atoms with Gasteiger partial charge in [-0.2, -0.15) is 0 Å². The van der Waals surface area contributed by atoms with Crippen LogP contribution in [0.2, 0.25) is 5.02 Å². The third-order valence-corrected chi connectivity index (χ3v) is 6.75. The van der Waals surface area contributed by atoms with Crippen LogP contribution in [0.5, 0.6) is 5.75 Å². The molecule has 2 aromatic carbocycles. The van der Waals surface area contributed by atoms with Crippen LogP contribution in [-0.2, 0) is 14.8 Å². The van der Waals surface area contributed by atoms with Crippen molar-refractivity contribution in [1.82, 2.24) is 9.62 Å². The van der Waals surface area contributed by atoms with Crippen molar-refractivity contribution >= 4 is 33.2 Å². The van der Waals surface area contributed by atoms with E-state index in [0.717, 1.165) is 18.8 Å². The second-order valence-corrected chi connectivity index (χ2v) is 10.6. The van der Waals surface area contributed by atoms with Gasteiger partial charge in [0.25, 0.3) is 5.91 Å². The first-order chi connectivity index (χ1) is 14.5. The summed E-state index contributed by atoms with van der Waals surface area (Å²) in [6, 6.07) is 13.7. The second-order valence-electron chi connectivity index (χ2n) is 8.46. The summed E-state index contributed by atoms with van der Waals surface area (Å²) in [6.07, 6.45) is 0. The smallest absolute Gasteiger partial charge is 0.260 e. The van der Waals surface area contributed by atoms with E-state index < -0.39 is 15.6 Å². The highest BCUT2D eigenvalue weighted by Crippen LogP contribution is 2.21. The molecular formula is C22H28ClN3O4S. The van der Waals surface area contributed by atoms with Gasteiger partial charge in [-0.3, -0.25) is 4.79 Å². The van der Waals surface area contributed by atoms with E-state index in [1.165, 1.54) is 12.1 Å². The number of carbonyl (C=O) groups excluding carboxylic acids is 1. The zero-order valence-electron chi connectivity index (χ0n) is 18.0. The van der Waals surface area contributed by atoms with Gasteiger partial charge in [-0.25, -0.2) is 13.1 Å². The molecule has 1 amide bonds. The molecule has 0 atom stereocenters. The van der Waals surface area contributed by atoms with Crippen molar-refractivity contribution in [3.05, 3.63) is 53.6 Å². The molecule has 1 N–H and O–H groups in total. The van der Waals surface area contributed by atoms with Gasteiger partial charge in [0.05, 0.1) is 4.90 Å². The van der Waals surface area contributed by atoms with Crippen molar-refractivity contribution in [2.45, 2.75) is 31.2 Å². The van der Waals surface area contributed by atoms with Crippen LogP contribution in [0.4, 0.5) is 5.69 Å². The van der Waals surface area contributed by atoms with Gasteiger partial charge in [0, 0.05) is 42.4 Å². The second kappa shape index (κ2) is 9.46. The van der Waals surface area contributed by atoms with E-state index in [-0.39, 0.29) is 17.4 Å². The molecule has 1 aliphatic heterocycles. The van der Waals surface area contributed by atoms with Gasteiger partial charge >= 0.3 is 0 Å². The third-order valence-electron chi connectivity index (χ3n) is 4.74. The normalized spacial score (nSPS) is 15.1. The highest BCUT2D eigenvalue weighted by Gasteiger charge is 2.23. The first-order valence-electron chi connectivity index (χ1n) is 10.1. The van der Waals surface area contributed by atoms with Gasteiger partial charge in [0.15, 0.2) is 6.61 Å². The number of benzene rings is 2. The van der Waals surface area contributed by atoms with Crippen molar-refractivity contribution in [3.63, 3.8) is 0 Å². The fraction of sp³-hybridized carbons (Fsp3) is 0.409. The highest BCUT2D eigenvalue weighted by molar-refractivity contribution is 7.89. The zero-order chi connectivity index (χ0) is 22.6. The molecule has 0 saturated carbocycles. The minimum absolute atomic E-state index is 0.0937. The maximum Gasteiger partial charge on any atom is 0.260 e. The first kappa shape index (κ1) is 23.4. The zero-order valence-corrected chi connectivity index (χ0v) is 19.5. The Kier molecular flexibility index (Phi) is 7.13. The molecule has 0 aromatic heterocycles. The van der Waals surface area contributed by atoms with Crippen LogP contribution in [0.25, 0.3) is 0 Å². The molecule has 168 valence electrons. The Morgan fingerprint density at radius 3 is 2.29 bits per heavy atom. The number of hydrogen-bond acceptors (Lipinski definition) is 5. The van der Waals surface area contributed by atoms with Crippen molar-refractivity contribution in [1.29, 1.82) is 0 Å². The molecule has 0 unspecified atom stereocenters. The largest absolute Gasteiger partial charge is 0.484 e. The van der Waals surface area contributed by atoms with Crippen LogP contribution in [0.15, 0.2) is 53.4 Å². The summed E-state index contributed by atoms with van der Waals surface area (Å²) in [5.41, 5.74) is 0.476. The van der Waals surface area contributed by atoms with Gasteiger partial charge in [-0.15, -0.1) is 0 Å². The number of anilines is 1. The minimum atomic E-state index is -3.61. The third kappa shape index (κ3) is 6.59. The average molecular weight is 466 g/mol. The maximum absolute atomic E-state index is 12.5. The number of piperazine rings is 1. The van der Waals surface area contributed by atoms with Crippen LogP contribution < -0.4 is 14.4 Å². The maximum atomic E-state index is 12.5. The molecule has 9 heteroatoms. The predicted octanol–water partition coefficient (Wildman–Crippen LogP) is 3.14. The number of carbonyl (C=O) groups is 1. The molecule has 1 fully saturated rings. The fourth-order valence-corrected chi connectivity index (χ4v) is 4.90. The van der Waals surface area contributed by atoms with Crippen molar-refractivity contribution in [2.75, 3.05) is 37.7 Å². The van der Waals surface area contributed by atoms with E-state index in [1.807, 2.05) is 24.3 Å². The van der Waals surface area contributed by atoms with E-state index >= 15 is 0 Å². The molecular weight excluding hydrogens is 438 g/mol. The summed E-state index contributed by atoms with van der Waals surface area (Å²) in [7, 11) is -3.61. The van der Waals surface area contributed by atoms with E-state index in [1.54, 1.807) is 37.8 Å². The molecule has 0 radical (unpaired) electrons. The van der Waals surface area contributed by atoms with Crippen LogP contribution in [0.3, 0.4) is 0 Å². The average Bonchev–Trinajstić information content (AvgIpc) is 2.71. The van der Waals surface area contributed by atoms with E-state index in [0.29, 0.717) is 23.9 Å². The summed E-state index contributed by atoms with van der Waals surface area (Å²) in [6.45, 7) is 7.89. The van der Waals surface area contributed by atoms with Crippen LogP contribution in [0.1, 0.15) is 20.8 Å². The topological polar surface area (TPSA) is 78.9 Å². The Hall–Kier alpha value is -2.29. The Morgan fingerprint density at radius 1 is 1.06 bits per heavy atom. The fourth-order valence-electron chi connectivity index (χ4n) is 3.30. The predicted molar refractivity (Wildman–Crippen MR) is 122 cm³/mol. The quantitative estimate of drug-likeness (QED) is 0.709. The molecule has 7 nitrogen and oxygen atoms in total. The van der Waals surface area contributed by atoms with Crippen molar-refractivity contribution in [2.24, 2.45) is 0 Å². The van der Waals surface area contributed by atoms with Crippen LogP contribution in [-0.4, -0.2) is 57.5 Å². The number of sulfonamides is 1. The molecule has 0 aliphatic carbocycles. The molecule has 0 bridgehead atoms. The summed E-state index contributed by atoms with van der Waals surface area (Å²) in [5, 5.41) is 0.692. The summed E-state index contributed by atoms with van der Waals surface area (Å²) < 4.78 is 32.9. The number of ether oxygens (including phenoxy) is 1. The highest BCUT2D eigenvalue weighted by atomic mass is 35.5. The summed E-state index contributed by atoms with van der Waals surface area (Å²) in [4.78, 5) is 16.6. The lowest BCUT2D eigenvalue weighted by atomic mass is 10.1. The Balaban J connectivity index is 1.50. The number of nitrogens with zero attached hydrogens (tertiary/aromatic N) is 2. The van der Waals surface area contributed by atoms with Gasteiger partial charge in [0.2, 0.25) is 10.0 Å². The molecule has 31 heavy (non-hydrogen) atoms. The number of amides is 1. The molecule has 1 aliphatic rings. The number of nitrogens with one attached hydrogen (secondary N) is 1. The number of halogens is 1. The Labute approximate surface area is 189 Å². The van der Waals surface area contributed by atoms with Crippen LogP contribution >= 0.6 is 11.6 Å². The monoisotopic (exact) mass is 465 g/mol. The molecule has 3 rings (SSSR count). The minimum Gasteiger partial charge on any atom is -0.484 e. The lowest BCUT2D eigenvalue weighted by Crippen LogP contribution is -2.50. The molecule has 0 spiro atoms. The summed E-state index contributed by atoms with van der Waals surface area (Å²) in [5.74, 6) is 0.345. The van der Waals surface area contributed by atoms with E-state index in [4.69, 9.17) is 16.3 Å². The standard InChI is InChI=1S/C22H28ClN3O4S/c1-22(2,3)24-31(28,29)20-9-7-19(8-10-20)30-16-21(27)26-13-11-25(12-14-26)18-6-4-5-17(23)15-18/h4-10,15,24H,11-14,16H2,1-3H3. The van der Waals surface area contributed by atoms with Crippen LogP contribution in [0, 0.1) is 0 Å². The first-order valence-corrected chi connectivity index (χ1v) is 11.9. The Bertz CT molecular complexity index is 1010. The number of rotatable bonds is 6. The van der Waals surface area contributed by atoms with Crippen molar-refractivity contribution in [3.8, 4) is 5.75 Å². The molecule has 1 heterocycles. The van der Waals surface area contributed by atoms with Crippen molar-refractivity contribution < 1.29 is 17.9 Å². The molecule has 1 saturated heterocycles. The van der Waals surface area contributed by atoms with E-state index in [9.17, 15) is 13.2 Å². The summed E-state index contributed by atoms with van der Waals surface area (Å²) >= 11 is 6.06. The lowest BCUT2D eigenvalue weighted by molar-refractivity contribution is -0.133. The van der Waals surface area contributed by atoms with Gasteiger partial charge in [-0.1, -0.05) is 17.7 Å². The van der Waals surface area contributed by atoms with E-state index in [2.05, 4.69) is 9.62 Å². The SMILES string of the molecule is CC(C)(C)NS(=O)(=O)c1ccc(OCC(=O)N2CCN(c3cccc(Cl)c3)CC2)cc1.